The van der Waals surface area contributed by atoms with Gasteiger partial charge in [-0.3, -0.25) is 14.6 Å². The molecule has 1 unspecified atom stereocenters. The zero-order valence-electron chi connectivity index (χ0n) is 15.9. The van der Waals surface area contributed by atoms with E-state index in [0.29, 0.717) is 24.4 Å². The van der Waals surface area contributed by atoms with Crippen LogP contribution >= 0.6 is 0 Å². The standard InChI is InChI=1S/C23H23N3O2/c1-23(9-3-11-25-22(23)28)18-7-8-19(26-21(18)27)15-12-17(14-5-6-14)16-4-2-10-24-20(16)13-15/h2,4,7-8,10,12-14H,3,5-6,9,11H2,1H3,(H,25,28)(H,26,27). The fraction of sp³-hybridized carbons (Fsp3) is 0.348. The lowest BCUT2D eigenvalue weighted by molar-refractivity contribution is -0.128. The molecule has 1 aliphatic heterocycles. The second-order valence-corrected chi connectivity index (χ2v) is 8.22. The van der Waals surface area contributed by atoms with Crippen molar-refractivity contribution < 1.29 is 4.79 Å². The fourth-order valence-corrected chi connectivity index (χ4v) is 4.38. The monoisotopic (exact) mass is 373 g/mol. The number of pyridine rings is 2. The largest absolute Gasteiger partial charge is 0.355 e. The Kier molecular flexibility index (Phi) is 3.86. The van der Waals surface area contributed by atoms with Crippen molar-refractivity contribution >= 4 is 16.8 Å². The van der Waals surface area contributed by atoms with E-state index in [1.807, 2.05) is 31.2 Å². The van der Waals surface area contributed by atoms with E-state index in [4.69, 9.17) is 0 Å². The van der Waals surface area contributed by atoms with Crippen LogP contribution in [0.15, 0.2) is 47.4 Å². The maximum atomic E-state index is 12.9. The summed E-state index contributed by atoms with van der Waals surface area (Å²) in [6, 6.07) is 12.0. The Bertz CT molecular complexity index is 1150. The van der Waals surface area contributed by atoms with Crippen LogP contribution in [0.3, 0.4) is 0 Å². The number of carbonyl (C=O) groups is 1. The van der Waals surface area contributed by atoms with E-state index in [9.17, 15) is 9.59 Å². The molecule has 1 saturated heterocycles. The van der Waals surface area contributed by atoms with Crippen molar-refractivity contribution in [3.8, 4) is 11.3 Å². The number of aromatic amines is 1. The Morgan fingerprint density at radius 1 is 1.14 bits per heavy atom. The molecule has 2 N–H and O–H groups in total. The molecule has 0 radical (unpaired) electrons. The highest BCUT2D eigenvalue weighted by Gasteiger charge is 2.39. The first kappa shape index (κ1) is 17.2. The Labute approximate surface area is 163 Å². The predicted octanol–water partition coefficient (Wildman–Crippen LogP) is 3.64. The molecule has 5 rings (SSSR count). The lowest BCUT2D eigenvalue weighted by Crippen LogP contribution is -2.49. The number of benzene rings is 1. The zero-order valence-corrected chi connectivity index (χ0v) is 15.9. The molecule has 3 aromatic rings. The molecule has 28 heavy (non-hydrogen) atoms. The number of amides is 1. The van der Waals surface area contributed by atoms with Gasteiger partial charge in [0.1, 0.15) is 0 Å². The van der Waals surface area contributed by atoms with Gasteiger partial charge in [-0.25, -0.2) is 0 Å². The molecule has 2 aromatic heterocycles. The second kappa shape index (κ2) is 6.30. The molecule has 0 spiro atoms. The number of H-pyrrole nitrogens is 1. The number of nitrogens with zero attached hydrogens (tertiary/aromatic N) is 1. The molecule has 142 valence electrons. The van der Waals surface area contributed by atoms with Crippen LogP contribution in [-0.2, 0) is 10.2 Å². The molecule has 1 aromatic carbocycles. The summed E-state index contributed by atoms with van der Waals surface area (Å²) in [5.74, 6) is 0.519. The SMILES string of the molecule is CC1(c2ccc(-c3cc(C4CC4)c4cccnc4c3)[nH]c2=O)CCCNC1=O. The van der Waals surface area contributed by atoms with Gasteiger partial charge in [0, 0.05) is 34.9 Å². The van der Waals surface area contributed by atoms with Gasteiger partial charge in [0.2, 0.25) is 5.91 Å². The summed E-state index contributed by atoms with van der Waals surface area (Å²) in [6.07, 6.45) is 5.78. The molecule has 3 heterocycles. The summed E-state index contributed by atoms with van der Waals surface area (Å²) in [5.41, 5.74) is 3.57. The van der Waals surface area contributed by atoms with Crippen LogP contribution in [-0.4, -0.2) is 22.4 Å². The number of hydrogen-bond donors (Lipinski definition) is 2. The van der Waals surface area contributed by atoms with E-state index in [-0.39, 0.29) is 11.5 Å². The third-order valence-corrected chi connectivity index (χ3v) is 6.23. The normalized spacial score (nSPS) is 22.2. The summed E-state index contributed by atoms with van der Waals surface area (Å²) in [6.45, 7) is 2.54. The molecule has 1 atom stereocenters. The molecule has 2 aliphatic rings. The first-order valence-corrected chi connectivity index (χ1v) is 9.97. The van der Waals surface area contributed by atoms with E-state index in [2.05, 4.69) is 27.4 Å². The van der Waals surface area contributed by atoms with Crippen molar-refractivity contribution in [1.82, 2.24) is 15.3 Å². The topological polar surface area (TPSA) is 74.8 Å². The Morgan fingerprint density at radius 2 is 2.00 bits per heavy atom. The van der Waals surface area contributed by atoms with Gasteiger partial charge in [0.15, 0.2) is 0 Å². The summed E-state index contributed by atoms with van der Waals surface area (Å²) in [7, 11) is 0. The van der Waals surface area contributed by atoms with Crippen LogP contribution in [0.2, 0.25) is 0 Å². The molecule has 2 fully saturated rings. The Hall–Kier alpha value is -2.95. The minimum atomic E-state index is -0.769. The van der Waals surface area contributed by atoms with E-state index in [1.165, 1.54) is 23.8 Å². The molecule has 5 heteroatoms. The number of hydrogen-bond acceptors (Lipinski definition) is 3. The van der Waals surface area contributed by atoms with E-state index < -0.39 is 5.41 Å². The smallest absolute Gasteiger partial charge is 0.252 e. The minimum absolute atomic E-state index is 0.0667. The predicted molar refractivity (Wildman–Crippen MR) is 109 cm³/mol. The van der Waals surface area contributed by atoms with Gasteiger partial charge < -0.3 is 10.3 Å². The molecule has 1 aliphatic carbocycles. The van der Waals surface area contributed by atoms with Gasteiger partial charge in [0.25, 0.3) is 5.56 Å². The van der Waals surface area contributed by atoms with Crippen LogP contribution < -0.4 is 10.9 Å². The highest BCUT2D eigenvalue weighted by Crippen LogP contribution is 2.44. The lowest BCUT2D eigenvalue weighted by atomic mass is 9.76. The Balaban J connectivity index is 1.60. The van der Waals surface area contributed by atoms with Crippen LogP contribution in [0.5, 0.6) is 0 Å². The van der Waals surface area contributed by atoms with Crippen molar-refractivity contribution in [2.24, 2.45) is 0 Å². The van der Waals surface area contributed by atoms with Crippen LogP contribution in [0.25, 0.3) is 22.2 Å². The van der Waals surface area contributed by atoms with E-state index in [1.54, 1.807) is 6.20 Å². The average molecular weight is 373 g/mol. The zero-order chi connectivity index (χ0) is 19.3. The average Bonchev–Trinajstić information content (AvgIpc) is 3.54. The van der Waals surface area contributed by atoms with Gasteiger partial charge in [0.05, 0.1) is 10.9 Å². The molecule has 0 bridgehead atoms. The molecular formula is C23H23N3O2. The third kappa shape index (κ3) is 2.73. The van der Waals surface area contributed by atoms with Gasteiger partial charge in [-0.15, -0.1) is 0 Å². The first-order valence-electron chi connectivity index (χ1n) is 9.97. The summed E-state index contributed by atoms with van der Waals surface area (Å²) in [4.78, 5) is 32.9. The van der Waals surface area contributed by atoms with Crippen LogP contribution in [0, 0.1) is 0 Å². The maximum absolute atomic E-state index is 12.9. The molecule has 1 saturated carbocycles. The van der Waals surface area contributed by atoms with Gasteiger partial charge >= 0.3 is 0 Å². The number of aromatic nitrogens is 2. The summed E-state index contributed by atoms with van der Waals surface area (Å²) in [5, 5.41) is 4.09. The van der Waals surface area contributed by atoms with Crippen LogP contribution in [0.4, 0.5) is 0 Å². The number of fused-ring (bicyclic) bond motifs is 1. The maximum Gasteiger partial charge on any atom is 0.252 e. The molecular weight excluding hydrogens is 350 g/mol. The van der Waals surface area contributed by atoms with E-state index in [0.717, 1.165) is 23.2 Å². The second-order valence-electron chi connectivity index (χ2n) is 8.22. The van der Waals surface area contributed by atoms with E-state index >= 15 is 0 Å². The summed E-state index contributed by atoms with van der Waals surface area (Å²) >= 11 is 0. The highest BCUT2D eigenvalue weighted by atomic mass is 16.2. The number of carbonyl (C=O) groups excluding carboxylic acids is 1. The van der Waals surface area contributed by atoms with Crippen molar-refractivity contribution in [3.63, 3.8) is 0 Å². The quantitative estimate of drug-likeness (QED) is 0.736. The lowest BCUT2D eigenvalue weighted by Gasteiger charge is -2.32. The Morgan fingerprint density at radius 3 is 2.75 bits per heavy atom. The van der Waals surface area contributed by atoms with Gasteiger partial charge in [-0.05, 0) is 68.4 Å². The van der Waals surface area contributed by atoms with Crippen molar-refractivity contribution in [3.05, 3.63) is 64.1 Å². The summed E-state index contributed by atoms with van der Waals surface area (Å²) < 4.78 is 0. The van der Waals surface area contributed by atoms with Crippen molar-refractivity contribution in [2.75, 3.05) is 6.54 Å². The number of rotatable bonds is 3. The number of piperidine rings is 1. The molecule has 1 amide bonds. The number of nitrogens with one attached hydrogen (secondary N) is 2. The fourth-order valence-electron chi connectivity index (χ4n) is 4.38. The van der Waals surface area contributed by atoms with Gasteiger partial charge in [-0.2, -0.15) is 0 Å². The van der Waals surface area contributed by atoms with Crippen molar-refractivity contribution in [2.45, 2.75) is 43.9 Å². The van der Waals surface area contributed by atoms with Gasteiger partial charge in [-0.1, -0.05) is 12.1 Å². The third-order valence-electron chi connectivity index (χ3n) is 6.23. The minimum Gasteiger partial charge on any atom is -0.355 e. The first-order chi connectivity index (χ1) is 13.6. The highest BCUT2D eigenvalue weighted by molar-refractivity contribution is 5.89. The van der Waals surface area contributed by atoms with Crippen molar-refractivity contribution in [1.29, 1.82) is 0 Å². The van der Waals surface area contributed by atoms with Crippen LogP contribution in [0.1, 0.15) is 49.7 Å². The molecule has 5 nitrogen and oxygen atoms in total.